The molecular formula is C16H22N2O2. The van der Waals surface area contributed by atoms with Gasteiger partial charge in [-0.2, -0.15) is 0 Å². The molecule has 0 bridgehead atoms. The van der Waals surface area contributed by atoms with Gasteiger partial charge in [0, 0.05) is 31.8 Å². The number of aliphatic hydroxyl groups excluding tert-OH is 1. The summed E-state index contributed by atoms with van der Waals surface area (Å²) in [5.41, 5.74) is 3.39. The molecule has 3 rings (SSSR count). The Morgan fingerprint density at radius 3 is 3.15 bits per heavy atom. The molecule has 20 heavy (non-hydrogen) atoms. The van der Waals surface area contributed by atoms with Crippen molar-refractivity contribution in [2.75, 3.05) is 26.2 Å². The van der Waals surface area contributed by atoms with Crippen molar-refractivity contribution in [2.45, 2.75) is 25.8 Å². The number of aliphatic hydroxyl groups is 1. The molecule has 0 radical (unpaired) electrons. The van der Waals surface area contributed by atoms with Crippen molar-refractivity contribution in [3.63, 3.8) is 0 Å². The number of hydrogen-bond donors (Lipinski definition) is 2. The predicted octanol–water partition coefficient (Wildman–Crippen LogP) is 1.18. The lowest BCUT2D eigenvalue weighted by atomic mass is 9.96. The molecule has 108 valence electrons. The van der Waals surface area contributed by atoms with Crippen molar-refractivity contribution >= 4 is 5.91 Å². The van der Waals surface area contributed by atoms with Gasteiger partial charge in [-0.05, 0) is 55.0 Å². The van der Waals surface area contributed by atoms with Crippen molar-refractivity contribution in [2.24, 2.45) is 5.92 Å². The summed E-state index contributed by atoms with van der Waals surface area (Å²) in [5.74, 6) is 0.350. The lowest BCUT2D eigenvalue weighted by Crippen LogP contribution is -2.41. The molecule has 0 spiro atoms. The highest BCUT2D eigenvalue weighted by atomic mass is 16.3. The zero-order valence-electron chi connectivity index (χ0n) is 11.8. The smallest absolute Gasteiger partial charge is 0.253 e. The van der Waals surface area contributed by atoms with Gasteiger partial charge >= 0.3 is 0 Å². The van der Waals surface area contributed by atoms with Gasteiger partial charge in [0.15, 0.2) is 0 Å². The standard InChI is InChI=1S/C16H22N2O2/c19-11-12-2-1-7-18(10-12)16(20)14-4-3-13-5-6-17-9-15(13)8-14/h3-4,8,12,17,19H,1-2,5-7,9-11H2. The van der Waals surface area contributed by atoms with Crippen molar-refractivity contribution in [3.8, 4) is 0 Å². The van der Waals surface area contributed by atoms with Gasteiger partial charge in [-0.25, -0.2) is 0 Å². The Balaban J connectivity index is 1.76. The number of carbonyl (C=O) groups excluding carboxylic acids is 1. The van der Waals surface area contributed by atoms with Crippen LogP contribution in [0.3, 0.4) is 0 Å². The van der Waals surface area contributed by atoms with Crippen molar-refractivity contribution in [3.05, 3.63) is 34.9 Å². The molecule has 4 nitrogen and oxygen atoms in total. The average molecular weight is 274 g/mol. The highest BCUT2D eigenvalue weighted by Crippen LogP contribution is 2.21. The monoisotopic (exact) mass is 274 g/mol. The number of nitrogens with zero attached hydrogens (tertiary/aromatic N) is 1. The number of benzene rings is 1. The van der Waals surface area contributed by atoms with E-state index in [1.54, 1.807) is 0 Å². The molecular weight excluding hydrogens is 252 g/mol. The third-order valence-corrected chi connectivity index (χ3v) is 4.40. The normalized spacial score (nSPS) is 22.4. The van der Waals surface area contributed by atoms with E-state index in [-0.39, 0.29) is 18.4 Å². The minimum atomic E-state index is 0.108. The van der Waals surface area contributed by atoms with Crippen molar-refractivity contribution in [1.82, 2.24) is 10.2 Å². The first kappa shape index (κ1) is 13.6. The van der Waals surface area contributed by atoms with Gasteiger partial charge in [0.2, 0.25) is 0 Å². The van der Waals surface area contributed by atoms with E-state index in [2.05, 4.69) is 11.4 Å². The maximum absolute atomic E-state index is 12.6. The van der Waals surface area contributed by atoms with Gasteiger partial charge in [0.05, 0.1) is 0 Å². The minimum Gasteiger partial charge on any atom is -0.396 e. The first-order valence-corrected chi connectivity index (χ1v) is 7.50. The number of fused-ring (bicyclic) bond motifs is 1. The van der Waals surface area contributed by atoms with Gasteiger partial charge in [-0.1, -0.05) is 6.07 Å². The van der Waals surface area contributed by atoms with E-state index >= 15 is 0 Å². The Hall–Kier alpha value is -1.39. The van der Waals surface area contributed by atoms with Crippen LogP contribution in [0.5, 0.6) is 0 Å². The third kappa shape index (κ3) is 2.72. The molecule has 0 aromatic heterocycles. The summed E-state index contributed by atoms with van der Waals surface area (Å²) in [5, 5.41) is 12.6. The molecule has 0 saturated carbocycles. The number of amides is 1. The summed E-state index contributed by atoms with van der Waals surface area (Å²) in [6.45, 7) is 3.55. The predicted molar refractivity (Wildman–Crippen MR) is 77.6 cm³/mol. The number of nitrogens with one attached hydrogen (secondary N) is 1. The summed E-state index contributed by atoms with van der Waals surface area (Å²) in [7, 11) is 0. The largest absolute Gasteiger partial charge is 0.396 e. The quantitative estimate of drug-likeness (QED) is 0.851. The summed E-state index contributed by atoms with van der Waals surface area (Å²) in [6.07, 6.45) is 3.05. The van der Waals surface area contributed by atoms with Crippen molar-refractivity contribution < 1.29 is 9.90 Å². The molecule has 1 aromatic carbocycles. The van der Waals surface area contributed by atoms with Gasteiger partial charge in [-0.15, -0.1) is 0 Å². The second-order valence-electron chi connectivity index (χ2n) is 5.85. The van der Waals surface area contributed by atoms with Crippen LogP contribution >= 0.6 is 0 Å². The van der Waals surface area contributed by atoms with Crippen LogP contribution < -0.4 is 5.32 Å². The topological polar surface area (TPSA) is 52.6 Å². The third-order valence-electron chi connectivity index (χ3n) is 4.40. The van der Waals surface area contributed by atoms with Crippen LogP contribution in [0, 0.1) is 5.92 Å². The zero-order valence-corrected chi connectivity index (χ0v) is 11.8. The second-order valence-corrected chi connectivity index (χ2v) is 5.85. The van der Waals surface area contributed by atoms with Crippen LogP contribution in [0.15, 0.2) is 18.2 Å². The fourth-order valence-electron chi connectivity index (χ4n) is 3.19. The maximum Gasteiger partial charge on any atom is 0.253 e. The van der Waals surface area contributed by atoms with Crippen LogP contribution in [0.4, 0.5) is 0 Å². The van der Waals surface area contributed by atoms with Crippen molar-refractivity contribution in [1.29, 1.82) is 0 Å². The molecule has 2 heterocycles. The molecule has 2 N–H and O–H groups in total. The summed E-state index contributed by atoms with van der Waals surface area (Å²) in [4.78, 5) is 14.5. The summed E-state index contributed by atoms with van der Waals surface area (Å²) >= 11 is 0. The Kier molecular flexibility index (Phi) is 4.03. The highest BCUT2D eigenvalue weighted by molar-refractivity contribution is 5.94. The fourth-order valence-corrected chi connectivity index (χ4v) is 3.19. The molecule has 1 unspecified atom stereocenters. The first-order chi connectivity index (χ1) is 9.78. The molecule has 0 aliphatic carbocycles. The van der Waals surface area contributed by atoms with E-state index in [1.807, 2.05) is 17.0 Å². The van der Waals surface area contributed by atoms with E-state index in [9.17, 15) is 9.90 Å². The SMILES string of the molecule is O=C(c1ccc2c(c1)CNCC2)N1CCCC(CO)C1. The molecule has 1 amide bonds. The Bertz CT molecular complexity index is 501. The van der Waals surface area contributed by atoms with Crippen LogP contribution in [0.2, 0.25) is 0 Å². The fraction of sp³-hybridized carbons (Fsp3) is 0.562. The van der Waals surface area contributed by atoms with Crippen LogP contribution in [0.1, 0.15) is 34.3 Å². The van der Waals surface area contributed by atoms with E-state index < -0.39 is 0 Å². The number of piperidine rings is 1. The lowest BCUT2D eigenvalue weighted by molar-refractivity contribution is 0.0620. The average Bonchev–Trinajstić information content (AvgIpc) is 2.53. The van der Waals surface area contributed by atoms with Crippen LogP contribution in [0.25, 0.3) is 0 Å². The Morgan fingerprint density at radius 1 is 1.40 bits per heavy atom. The van der Waals surface area contributed by atoms with Gasteiger partial charge in [0.25, 0.3) is 5.91 Å². The number of carbonyl (C=O) groups is 1. The molecule has 1 saturated heterocycles. The van der Waals surface area contributed by atoms with E-state index in [4.69, 9.17) is 0 Å². The van der Waals surface area contributed by atoms with Gasteiger partial charge < -0.3 is 15.3 Å². The zero-order chi connectivity index (χ0) is 13.9. The molecule has 4 heteroatoms. The molecule has 1 aromatic rings. The second kappa shape index (κ2) is 5.94. The number of rotatable bonds is 2. The molecule has 2 aliphatic heterocycles. The molecule has 1 fully saturated rings. The van der Waals surface area contributed by atoms with E-state index in [0.29, 0.717) is 6.54 Å². The van der Waals surface area contributed by atoms with Crippen LogP contribution in [-0.2, 0) is 13.0 Å². The van der Waals surface area contributed by atoms with Gasteiger partial charge in [0.1, 0.15) is 0 Å². The maximum atomic E-state index is 12.6. The Labute approximate surface area is 119 Å². The summed E-state index contributed by atoms with van der Waals surface area (Å²) in [6, 6.07) is 6.08. The Morgan fingerprint density at radius 2 is 2.30 bits per heavy atom. The molecule has 1 atom stereocenters. The number of likely N-dealkylation sites (tertiary alicyclic amines) is 1. The highest BCUT2D eigenvalue weighted by Gasteiger charge is 2.24. The molecule has 2 aliphatic rings. The van der Waals surface area contributed by atoms with E-state index in [1.165, 1.54) is 11.1 Å². The van der Waals surface area contributed by atoms with Gasteiger partial charge in [-0.3, -0.25) is 4.79 Å². The minimum absolute atomic E-state index is 0.108. The lowest BCUT2D eigenvalue weighted by Gasteiger charge is -2.32. The summed E-state index contributed by atoms with van der Waals surface area (Å²) < 4.78 is 0. The van der Waals surface area contributed by atoms with Crippen LogP contribution in [-0.4, -0.2) is 42.2 Å². The van der Waals surface area contributed by atoms with E-state index in [0.717, 1.165) is 44.5 Å². The number of hydrogen-bond acceptors (Lipinski definition) is 3. The first-order valence-electron chi connectivity index (χ1n) is 7.50.